The topological polar surface area (TPSA) is 119 Å². The molecule has 0 radical (unpaired) electrons. The van der Waals surface area contributed by atoms with E-state index < -0.39 is 0 Å². The maximum absolute atomic E-state index is 5.95. The van der Waals surface area contributed by atoms with Crippen molar-refractivity contribution in [2.75, 3.05) is 25.9 Å². The minimum Gasteiger partial charge on any atom is -0.369 e. The highest BCUT2D eigenvalue weighted by Gasteiger charge is 2.29. The minimum absolute atomic E-state index is 0.460. The van der Waals surface area contributed by atoms with E-state index in [1.807, 2.05) is 13.8 Å². The van der Waals surface area contributed by atoms with E-state index in [9.17, 15) is 0 Å². The van der Waals surface area contributed by atoms with Gasteiger partial charge in [-0.25, -0.2) is 4.98 Å². The number of aromatic amines is 1. The zero-order valence-corrected chi connectivity index (χ0v) is 19.9. The normalized spacial score (nSPS) is 16.8. The van der Waals surface area contributed by atoms with Gasteiger partial charge in [0.15, 0.2) is 5.95 Å². The number of aryl methyl sites for hydroxylation is 1. The molecule has 166 valence electrons. The van der Waals surface area contributed by atoms with Crippen LogP contribution in [0.5, 0.6) is 0 Å². The molecule has 0 aliphatic heterocycles. The maximum atomic E-state index is 5.95. The number of hydrogen-bond donors (Lipinski definition) is 5. The molecule has 3 rings (SSSR count). The zero-order valence-electron chi connectivity index (χ0n) is 19.1. The Kier molecular flexibility index (Phi) is 15.4. The number of nitrogens with zero attached hydrogens (tertiary/aromatic N) is 1. The number of H-pyrrole nitrogens is 1. The Bertz CT molecular complexity index is 641. The van der Waals surface area contributed by atoms with Gasteiger partial charge < -0.3 is 22.2 Å². The summed E-state index contributed by atoms with van der Waals surface area (Å²) in [5, 5.41) is 0. The number of anilines is 1. The van der Waals surface area contributed by atoms with Gasteiger partial charge >= 0.3 is 0 Å². The largest absolute Gasteiger partial charge is 0.369 e. The lowest BCUT2D eigenvalue weighted by Crippen LogP contribution is -2.36. The smallest absolute Gasteiger partial charge is 0.197 e. The second kappa shape index (κ2) is 16.3. The Morgan fingerprint density at radius 2 is 1.69 bits per heavy atom. The lowest BCUT2D eigenvalue weighted by Gasteiger charge is -2.30. The van der Waals surface area contributed by atoms with E-state index >= 15 is 0 Å². The summed E-state index contributed by atoms with van der Waals surface area (Å²) in [6.07, 6.45) is 3.13. The van der Waals surface area contributed by atoms with Crippen LogP contribution in [0.4, 0.5) is 5.95 Å². The Labute approximate surface area is 182 Å². The van der Waals surface area contributed by atoms with Crippen LogP contribution in [0, 0.1) is 18.8 Å². The van der Waals surface area contributed by atoms with Gasteiger partial charge in [0.05, 0.1) is 5.69 Å². The molecule has 0 bridgehead atoms. The third-order valence-corrected chi connectivity index (χ3v) is 5.15. The number of nitrogens with one attached hydrogen (secondary N) is 2. The van der Waals surface area contributed by atoms with Crippen molar-refractivity contribution in [3.05, 3.63) is 41.2 Å². The highest BCUT2D eigenvalue weighted by Crippen LogP contribution is 2.29. The summed E-state index contributed by atoms with van der Waals surface area (Å²) in [5.41, 5.74) is 19.8. The number of nitrogen functional groups attached to an aromatic ring is 1. The average molecular weight is 423 g/mol. The lowest BCUT2D eigenvalue weighted by atomic mass is 9.80. The number of aromatic nitrogens is 2. The Hall–Kier alpha value is -1.54. The van der Waals surface area contributed by atoms with Crippen LogP contribution in [0.25, 0.3) is 0 Å². The monoisotopic (exact) mass is 422 g/mol. The van der Waals surface area contributed by atoms with Crippen LogP contribution < -0.4 is 21.9 Å². The molecule has 1 aromatic heterocycles. The van der Waals surface area contributed by atoms with Crippen molar-refractivity contribution in [2.24, 2.45) is 23.3 Å². The van der Waals surface area contributed by atoms with Gasteiger partial charge in [-0.2, -0.15) is 0 Å². The Morgan fingerprint density at radius 3 is 2.24 bits per heavy atom. The molecular weight excluding hydrogens is 380 g/mol. The number of fused-ring (bicyclic) bond motifs is 1. The molecule has 7 heteroatoms. The molecule has 1 aliphatic rings. The van der Waals surface area contributed by atoms with Crippen molar-refractivity contribution in [3.63, 3.8) is 0 Å². The first-order valence-electron chi connectivity index (χ1n) is 10.6. The highest BCUT2D eigenvalue weighted by atomic mass is 32.2. The molecule has 1 aromatic carbocycles. The van der Waals surface area contributed by atoms with E-state index in [0.717, 1.165) is 25.1 Å². The zero-order chi connectivity index (χ0) is 22.2. The molecule has 8 N–H and O–H groups in total. The SMILES string of the molecule is CC.CCC.CN.Cc1ccc(SNCC2Cc3[nH]c(N)nc3CC2CN)cc1. The van der Waals surface area contributed by atoms with Crippen LogP contribution >= 0.6 is 11.9 Å². The molecule has 2 unspecified atom stereocenters. The van der Waals surface area contributed by atoms with E-state index in [4.69, 9.17) is 11.5 Å². The molecule has 0 amide bonds. The van der Waals surface area contributed by atoms with Crippen LogP contribution in [0.3, 0.4) is 0 Å². The second-order valence-electron chi connectivity index (χ2n) is 6.68. The van der Waals surface area contributed by atoms with E-state index in [0.29, 0.717) is 24.3 Å². The van der Waals surface area contributed by atoms with E-state index in [1.165, 1.54) is 29.6 Å². The van der Waals surface area contributed by atoms with Gasteiger partial charge in [-0.15, -0.1) is 0 Å². The predicted octanol–water partition coefficient (Wildman–Crippen LogP) is 3.90. The van der Waals surface area contributed by atoms with Crippen molar-refractivity contribution in [3.8, 4) is 0 Å². The van der Waals surface area contributed by atoms with Crippen molar-refractivity contribution < 1.29 is 0 Å². The van der Waals surface area contributed by atoms with Gasteiger partial charge in [0, 0.05) is 17.1 Å². The fourth-order valence-electron chi connectivity index (χ4n) is 3.00. The molecule has 1 heterocycles. The molecule has 0 fully saturated rings. The van der Waals surface area contributed by atoms with Gasteiger partial charge in [0.2, 0.25) is 0 Å². The van der Waals surface area contributed by atoms with Crippen molar-refractivity contribution in [1.29, 1.82) is 0 Å². The van der Waals surface area contributed by atoms with Gasteiger partial charge in [0.1, 0.15) is 0 Å². The van der Waals surface area contributed by atoms with Crippen LogP contribution in [-0.2, 0) is 12.8 Å². The van der Waals surface area contributed by atoms with E-state index in [2.05, 4.69) is 65.5 Å². The number of rotatable bonds is 5. The summed E-state index contributed by atoms with van der Waals surface area (Å²) in [5.74, 6) is 1.49. The lowest BCUT2D eigenvalue weighted by molar-refractivity contribution is 0.312. The van der Waals surface area contributed by atoms with Crippen LogP contribution in [-0.4, -0.2) is 30.1 Å². The van der Waals surface area contributed by atoms with Crippen LogP contribution in [0.2, 0.25) is 0 Å². The molecule has 2 atom stereocenters. The van der Waals surface area contributed by atoms with Gasteiger partial charge in [0.25, 0.3) is 0 Å². The molecule has 2 aromatic rings. The summed E-state index contributed by atoms with van der Waals surface area (Å²) in [6.45, 7) is 12.0. The predicted molar refractivity (Wildman–Crippen MR) is 129 cm³/mol. The van der Waals surface area contributed by atoms with E-state index in [1.54, 1.807) is 11.9 Å². The molecule has 0 spiro atoms. The highest BCUT2D eigenvalue weighted by molar-refractivity contribution is 7.97. The Balaban J connectivity index is 0.00000100. The third-order valence-electron chi connectivity index (χ3n) is 4.33. The first-order chi connectivity index (χ1) is 14.1. The summed E-state index contributed by atoms with van der Waals surface area (Å²) in [7, 11) is 1.50. The van der Waals surface area contributed by atoms with Gasteiger partial charge in [-0.1, -0.05) is 51.8 Å². The van der Waals surface area contributed by atoms with Gasteiger partial charge in [-0.05, 0) is 69.3 Å². The number of nitrogens with two attached hydrogens (primary N) is 3. The summed E-state index contributed by atoms with van der Waals surface area (Å²) in [4.78, 5) is 8.77. The standard InChI is InChI=1S/C16H23N5S.C3H8.C2H6.CH5N/c1-10-2-4-13(5-3-10)22-19-9-12-7-15-14(6-11(12)8-17)20-16(18)21-15;1-3-2;2*1-2/h2-5,11-12,19H,6-9,17H2,1H3,(H3,18,20,21);3H2,1-2H3;1-2H3;2H2,1H3. The Morgan fingerprint density at radius 1 is 1.10 bits per heavy atom. The fourth-order valence-corrected chi connectivity index (χ4v) is 3.74. The van der Waals surface area contributed by atoms with E-state index in [-0.39, 0.29) is 0 Å². The summed E-state index contributed by atoms with van der Waals surface area (Å²) < 4.78 is 3.49. The molecule has 0 saturated carbocycles. The number of imidazole rings is 1. The van der Waals surface area contributed by atoms with Crippen molar-refractivity contribution in [2.45, 2.75) is 58.8 Å². The molecule has 0 saturated heterocycles. The summed E-state index contributed by atoms with van der Waals surface area (Å²) in [6, 6.07) is 8.55. The third kappa shape index (κ3) is 9.67. The molecule has 1 aliphatic carbocycles. The molecule has 29 heavy (non-hydrogen) atoms. The molecule has 6 nitrogen and oxygen atoms in total. The van der Waals surface area contributed by atoms with Crippen molar-refractivity contribution >= 4 is 17.9 Å². The minimum atomic E-state index is 0.460. The first kappa shape index (κ1) is 27.5. The van der Waals surface area contributed by atoms with Crippen LogP contribution in [0.1, 0.15) is 51.1 Å². The molecular formula is C22H42N6S. The quantitative estimate of drug-likeness (QED) is 0.466. The fraction of sp³-hybridized carbons (Fsp3) is 0.591. The first-order valence-corrected chi connectivity index (χ1v) is 11.5. The average Bonchev–Trinajstić information content (AvgIpc) is 3.11. The van der Waals surface area contributed by atoms with Gasteiger partial charge in [-0.3, -0.25) is 4.72 Å². The summed E-state index contributed by atoms with van der Waals surface area (Å²) >= 11 is 1.68. The second-order valence-corrected chi connectivity index (χ2v) is 7.65. The van der Waals surface area contributed by atoms with Crippen LogP contribution in [0.15, 0.2) is 29.2 Å². The van der Waals surface area contributed by atoms with Crippen molar-refractivity contribution in [1.82, 2.24) is 14.7 Å². The number of benzene rings is 1. The maximum Gasteiger partial charge on any atom is 0.197 e. The number of hydrogen-bond acceptors (Lipinski definition) is 6.